The molecule has 2 aliphatic rings. The van der Waals surface area contributed by atoms with Crippen molar-refractivity contribution < 1.29 is 19.4 Å². The standard InChI is InChI=1S/C12H20N2O4/c15-11(16)10-8-13-6-7-14(10)12(17)18-9-4-2-1-3-5-9/h9-10,13H,1-8H2,(H,15,16)/t10-/m1/s1. The number of amides is 1. The van der Waals surface area contributed by atoms with E-state index in [0.717, 1.165) is 25.7 Å². The van der Waals surface area contributed by atoms with Crippen LogP contribution in [0.15, 0.2) is 0 Å². The summed E-state index contributed by atoms with van der Waals surface area (Å²) in [6.45, 7) is 1.29. The summed E-state index contributed by atoms with van der Waals surface area (Å²) in [5, 5.41) is 12.0. The number of carboxylic acids is 1. The van der Waals surface area contributed by atoms with Crippen LogP contribution < -0.4 is 5.32 Å². The smallest absolute Gasteiger partial charge is 0.410 e. The molecule has 6 nitrogen and oxygen atoms in total. The van der Waals surface area contributed by atoms with Crippen molar-refractivity contribution in [1.82, 2.24) is 10.2 Å². The summed E-state index contributed by atoms with van der Waals surface area (Å²) in [4.78, 5) is 24.4. The van der Waals surface area contributed by atoms with Crippen molar-refractivity contribution in [1.29, 1.82) is 0 Å². The molecule has 102 valence electrons. The van der Waals surface area contributed by atoms with Crippen molar-refractivity contribution in [2.75, 3.05) is 19.6 Å². The zero-order valence-electron chi connectivity index (χ0n) is 10.4. The van der Waals surface area contributed by atoms with Crippen LogP contribution >= 0.6 is 0 Å². The minimum Gasteiger partial charge on any atom is -0.480 e. The van der Waals surface area contributed by atoms with Gasteiger partial charge in [0.1, 0.15) is 12.1 Å². The lowest BCUT2D eigenvalue weighted by atomic mass is 9.98. The Hall–Kier alpha value is -1.30. The molecule has 6 heteroatoms. The number of carbonyl (C=O) groups excluding carboxylic acids is 1. The molecule has 1 heterocycles. The molecule has 2 rings (SSSR count). The highest BCUT2D eigenvalue weighted by molar-refractivity contribution is 5.80. The Bertz CT molecular complexity index is 315. The molecule has 1 saturated carbocycles. The number of ether oxygens (including phenoxy) is 1. The van der Waals surface area contributed by atoms with Gasteiger partial charge in [0.15, 0.2) is 0 Å². The van der Waals surface area contributed by atoms with Crippen LogP contribution in [0.3, 0.4) is 0 Å². The Morgan fingerprint density at radius 3 is 2.61 bits per heavy atom. The number of aliphatic carboxylic acids is 1. The van der Waals surface area contributed by atoms with Crippen molar-refractivity contribution in [3.8, 4) is 0 Å². The van der Waals surface area contributed by atoms with E-state index >= 15 is 0 Å². The van der Waals surface area contributed by atoms with Gasteiger partial charge in [0.25, 0.3) is 0 Å². The molecule has 1 amide bonds. The topological polar surface area (TPSA) is 78.9 Å². The Balaban J connectivity index is 1.91. The molecular formula is C12H20N2O4. The highest BCUT2D eigenvalue weighted by Crippen LogP contribution is 2.21. The average molecular weight is 256 g/mol. The van der Waals surface area contributed by atoms with E-state index < -0.39 is 18.1 Å². The summed E-state index contributed by atoms with van der Waals surface area (Å²) in [5.41, 5.74) is 0. The van der Waals surface area contributed by atoms with E-state index in [2.05, 4.69) is 5.32 Å². The molecule has 0 unspecified atom stereocenters. The van der Waals surface area contributed by atoms with Crippen LogP contribution in [0.25, 0.3) is 0 Å². The van der Waals surface area contributed by atoms with Crippen molar-refractivity contribution in [2.24, 2.45) is 0 Å². The Kier molecular flexibility index (Phi) is 4.41. The third kappa shape index (κ3) is 3.13. The normalized spacial score (nSPS) is 25.8. The predicted molar refractivity (Wildman–Crippen MR) is 64.4 cm³/mol. The number of rotatable bonds is 2. The lowest BCUT2D eigenvalue weighted by Crippen LogP contribution is -2.57. The SMILES string of the molecule is O=C(O)[C@H]1CNCCN1C(=O)OC1CCCCC1. The lowest BCUT2D eigenvalue weighted by molar-refractivity contribution is -0.143. The molecule has 18 heavy (non-hydrogen) atoms. The van der Waals surface area contributed by atoms with Gasteiger partial charge >= 0.3 is 12.1 Å². The van der Waals surface area contributed by atoms with Crippen molar-refractivity contribution in [2.45, 2.75) is 44.2 Å². The molecule has 1 aliphatic heterocycles. The maximum atomic E-state index is 12.0. The highest BCUT2D eigenvalue weighted by Gasteiger charge is 2.34. The second kappa shape index (κ2) is 6.04. The zero-order valence-corrected chi connectivity index (χ0v) is 10.4. The van der Waals surface area contributed by atoms with Crippen molar-refractivity contribution in [3.63, 3.8) is 0 Å². The molecule has 0 radical (unpaired) electrons. The van der Waals surface area contributed by atoms with Crippen LogP contribution in [0.2, 0.25) is 0 Å². The van der Waals surface area contributed by atoms with E-state index in [4.69, 9.17) is 9.84 Å². The molecule has 0 aromatic rings. The molecule has 0 spiro atoms. The van der Waals surface area contributed by atoms with Gasteiger partial charge < -0.3 is 15.2 Å². The molecule has 2 N–H and O–H groups in total. The largest absolute Gasteiger partial charge is 0.480 e. The summed E-state index contributed by atoms with van der Waals surface area (Å²) in [6.07, 6.45) is 4.65. The van der Waals surface area contributed by atoms with E-state index in [0.29, 0.717) is 13.1 Å². The maximum Gasteiger partial charge on any atom is 0.410 e. The van der Waals surface area contributed by atoms with Crippen LogP contribution in [-0.2, 0) is 9.53 Å². The first-order valence-corrected chi connectivity index (χ1v) is 6.59. The Morgan fingerprint density at radius 1 is 1.22 bits per heavy atom. The predicted octanol–water partition coefficient (Wildman–Crippen LogP) is 0.814. The third-order valence-electron chi connectivity index (χ3n) is 3.58. The van der Waals surface area contributed by atoms with Gasteiger partial charge in [-0.25, -0.2) is 9.59 Å². The molecule has 0 bridgehead atoms. The summed E-state index contributed by atoms with van der Waals surface area (Å²) >= 11 is 0. The van der Waals surface area contributed by atoms with Crippen LogP contribution in [0.1, 0.15) is 32.1 Å². The number of carboxylic acid groups (broad SMARTS) is 1. The summed E-state index contributed by atoms with van der Waals surface area (Å²) in [6, 6.07) is -0.810. The van der Waals surface area contributed by atoms with E-state index in [-0.39, 0.29) is 12.6 Å². The minimum absolute atomic E-state index is 0.0319. The van der Waals surface area contributed by atoms with Crippen LogP contribution in [-0.4, -0.2) is 53.8 Å². The number of hydrogen-bond donors (Lipinski definition) is 2. The summed E-state index contributed by atoms with van der Waals surface area (Å²) in [5.74, 6) is -0.984. The van der Waals surface area contributed by atoms with Gasteiger partial charge in [0.2, 0.25) is 0 Å². The lowest BCUT2D eigenvalue weighted by Gasteiger charge is -2.34. The Labute approximate surface area is 106 Å². The van der Waals surface area contributed by atoms with Gasteiger partial charge in [-0.1, -0.05) is 6.42 Å². The summed E-state index contributed by atoms with van der Waals surface area (Å²) in [7, 11) is 0. The van der Waals surface area contributed by atoms with E-state index in [9.17, 15) is 9.59 Å². The van der Waals surface area contributed by atoms with Gasteiger partial charge in [0.05, 0.1) is 0 Å². The van der Waals surface area contributed by atoms with E-state index in [1.807, 2.05) is 0 Å². The van der Waals surface area contributed by atoms with Gasteiger partial charge in [-0.05, 0) is 25.7 Å². The van der Waals surface area contributed by atoms with E-state index in [1.54, 1.807) is 0 Å². The number of nitrogens with one attached hydrogen (secondary N) is 1. The molecule has 0 aromatic heterocycles. The fraction of sp³-hybridized carbons (Fsp3) is 0.833. The minimum atomic E-state index is -0.984. The zero-order chi connectivity index (χ0) is 13.0. The molecule has 1 atom stereocenters. The van der Waals surface area contributed by atoms with Gasteiger partial charge in [-0.15, -0.1) is 0 Å². The maximum absolute atomic E-state index is 12.0. The van der Waals surface area contributed by atoms with Crippen LogP contribution in [0.4, 0.5) is 4.79 Å². The second-order valence-electron chi connectivity index (χ2n) is 4.90. The average Bonchev–Trinajstić information content (AvgIpc) is 2.40. The van der Waals surface area contributed by atoms with Gasteiger partial charge in [-0.2, -0.15) is 0 Å². The molecule has 2 fully saturated rings. The fourth-order valence-corrected chi connectivity index (χ4v) is 2.54. The van der Waals surface area contributed by atoms with Crippen molar-refractivity contribution >= 4 is 12.1 Å². The first-order chi connectivity index (χ1) is 8.68. The molecule has 1 aliphatic carbocycles. The van der Waals surface area contributed by atoms with Gasteiger partial charge in [-0.3, -0.25) is 4.90 Å². The monoisotopic (exact) mass is 256 g/mol. The highest BCUT2D eigenvalue weighted by atomic mass is 16.6. The Morgan fingerprint density at radius 2 is 1.94 bits per heavy atom. The number of nitrogens with zero attached hydrogens (tertiary/aromatic N) is 1. The quantitative estimate of drug-likeness (QED) is 0.764. The number of carbonyl (C=O) groups is 2. The summed E-state index contributed by atoms with van der Waals surface area (Å²) < 4.78 is 5.41. The van der Waals surface area contributed by atoms with E-state index in [1.165, 1.54) is 11.3 Å². The first kappa shape index (κ1) is 13.1. The van der Waals surface area contributed by atoms with Crippen molar-refractivity contribution in [3.05, 3.63) is 0 Å². The van der Waals surface area contributed by atoms with Crippen LogP contribution in [0, 0.1) is 0 Å². The molecular weight excluding hydrogens is 236 g/mol. The first-order valence-electron chi connectivity index (χ1n) is 6.59. The fourth-order valence-electron chi connectivity index (χ4n) is 2.54. The third-order valence-corrected chi connectivity index (χ3v) is 3.58. The molecule has 1 saturated heterocycles. The second-order valence-corrected chi connectivity index (χ2v) is 4.90. The number of piperazine rings is 1. The number of hydrogen-bond acceptors (Lipinski definition) is 4. The molecule has 0 aromatic carbocycles. The van der Waals surface area contributed by atoms with Gasteiger partial charge in [0, 0.05) is 19.6 Å². The van der Waals surface area contributed by atoms with Crippen LogP contribution in [0.5, 0.6) is 0 Å².